The Hall–Kier alpha value is -0.610. The zero-order chi connectivity index (χ0) is 16.7. The normalized spacial score (nSPS) is 28.7. The molecule has 0 aromatic heterocycles. The highest BCUT2D eigenvalue weighted by molar-refractivity contribution is 5.76. The topological polar surface area (TPSA) is 47.6 Å². The number of hydrogen-bond donors (Lipinski definition) is 1. The molecule has 2 fully saturated rings. The van der Waals surface area contributed by atoms with Gasteiger partial charge < -0.3 is 14.8 Å². The van der Waals surface area contributed by atoms with Crippen molar-refractivity contribution in [3.8, 4) is 0 Å². The molecule has 0 spiro atoms. The van der Waals surface area contributed by atoms with Crippen molar-refractivity contribution in [3.63, 3.8) is 0 Å². The van der Waals surface area contributed by atoms with Gasteiger partial charge in [0.15, 0.2) is 0 Å². The summed E-state index contributed by atoms with van der Waals surface area (Å²) < 4.78 is 11.1. The van der Waals surface area contributed by atoms with Crippen molar-refractivity contribution in [3.05, 3.63) is 0 Å². The van der Waals surface area contributed by atoms with Crippen LogP contribution in [-0.2, 0) is 14.3 Å². The van der Waals surface area contributed by atoms with Gasteiger partial charge in [0.25, 0.3) is 0 Å². The summed E-state index contributed by atoms with van der Waals surface area (Å²) in [5, 5.41) is 3.19. The molecule has 4 nitrogen and oxygen atoms in total. The largest absolute Gasteiger partial charge is 0.378 e. The summed E-state index contributed by atoms with van der Waals surface area (Å²) in [6.07, 6.45) is 8.88. The van der Waals surface area contributed by atoms with E-state index in [-0.39, 0.29) is 12.0 Å². The number of hydrogen-bond acceptors (Lipinski definition) is 3. The van der Waals surface area contributed by atoms with Gasteiger partial charge >= 0.3 is 0 Å². The monoisotopic (exact) mass is 325 g/mol. The van der Waals surface area contributed by atoms with Crippen molar-refractivity contribution in [2.75, 3.05) is 19.8 Å². The standard InChI is InChI=1S/C19H35NO3/c1-4-19(2,3)15-7-9-16(10-8-15)20-18(21)11-13-22-14-17-6-5-12-23-17/h15-17H,4-14H2,1-3H3,(H,20,21). The first-order valence-electron chi connectivity index (χ1n) is 9.50. The van der Waals surface area contributed by atoms with Gasteiger partial charge in [0.2, 0.25) is 5.91 Å². The van der Waals surface area contributed by atoms with Gasteiger partial charge in [-0.1, -0.05) is 27.2 Å². The molecule has 1 unspecified atom stereocenters. The van der Waals surface area contributed by atoms with Crippen LogP contribution in [0.15, 0.2) is 0 Å². The van der Waals surface area contributed by atoms with Gasteiger partial charge in [-0.25, -0.2) is 0 Å². The van der Waals surface area contributed by atoms with Gasteiger partial charge in [0.1, 0.15) is 0 Å². The smallest absolute Gasteiger partial charge is 0.222 e. The molecule has 4 heteroatoms. The second kappa shape index (κ2) is 9.03. The van der Waals surface area contributed by atoms with Gasteiger partial charge in [-0.2, -0.15) is 0 Å². The summed E-state index contributed by atoms with van der Waals surface area (Å²) in [5.74, 6) is 0.936. The van der Waals surface area contributed by atoms with Crippen LogP contribution in [0.3, 0.4) is 0 Å². The molecule has 1 atom stereocenters. The highest BCUT2D eigenvalue weighted by Crippen LogP contribution is 2.40. The zero-order valence-electron chi connectivity index (χ0n) is 15.2. The van der Waals surface area contributed by atoms with Gasteiger partial charge in [-0.3, -0.25) is 4.79 Å². The SMILES string of the molecule is CCC(C)(C)C1CCC(NC(=O)CCOCC2CCCO2)CC1. The predicted molar refractivity (Wildman–Crippen MR) is 92.4 cm³/mol. The molecule has 2 aliphatic rings. The molecular weight excluding hydrogens is 290 g/mol. The lowest BCUT2D eigenvalue weighted by molar-refractivity contribution is -0.123. The first-order valence-corrected chi connectivity index (χ1v) is 9.50. The van der Waals surface area contributed by atoms with Crippen molar-refractivity contribution >= 4 is 5.91 Å². The van der Waals surface area contributed by atoms with Crippen LogP contribution in [0.25, 0.3) is 0 Å². The fraction of sp³-hybridized carbons (Fsp3) is 0.947. The molecule has 2 rings (SSSR count). The van der Waals surface area contributed by atoms with Crippen molar-refractivity contribution in [1.82, 2.24) is 5.32 Å². The number of rotatable bonds is 8. The summed E-state index contributed by atoms with van der Waals surface area (Å²) in [5.41, 5.74) is 0.436. The second-order valence-electron chi connectivity index (χ2n) is 7.92. The third-order valence-electron chi connectivity index (χ3n) is 5.91. The Morgan fingerprint density at radius 2 is 1.96 bits per heavy atom. The highest BCUT2D eigenvalue weighted by Gasteiger charge is 2.32. The van der Waals surface area contributed by atoms with Crippen LogP contribution in [-0.4, -0.2) is 37.9 Å². The lowest BCUT2D eigenvalue weighted by Crippen LogP contribution is -2.40. The second-order valence-corrected chi connectivity index (χ2v) is 7.92. The highest BCUT2D eigenvalue weighted by atomic mass is 16.5. The quantitative estimate of drug-likeness (QED) is 0.693. The van der Waals surface area contributed by atoms with Crippen molar-refractivity contribution in [1.29, 1.82) is 0 Å². The van der Waals surface area contributed by atoms with Crippen LogP contribution in [0.4, 0.5) is 0 Å². The maximum atomic E-state index is 12.0. The summed E-state index contributed by atoms with van der Waals surface area (Å²) in [6, 6.07) is 0.365. The number of amides is 1. The first kappa shape index (κ1) is 18.7. The average Bonchev–Trinajstić information content (AvgIpc) is 3.05. The Balaban J connectivity index is 1.55. The van der Waals surface area contributed by atoms with Crippen LogP contribution in [0.2, 0.25) is 0 Å². The minimum atomic E-state index is 0.135. The third-order valence-corrected chi connectivity index (χ3v) is 5.91. The van der Waals surface area contributed by atoms with E-state index in [1.165, 1.54) is 19.3 Å². The summed E-state index contributed by atoms with van der Waals surface area (Å²) in [4.78, 5) is 12.0. The fourth-order valence-corrected chi connectivity index (χ4v) is 3.76. The number of ether oxygens (including phenoxy) is 2. The molecule has 0 radical (unpaired) electrons. The lowest BCUT2D eigenvalue weighted by atomic mass is 9.69. The number of carbonyl (C=O) groups is 1. The van der Waals surface area contributed by atoms with E-state index < -0.39 is 0 Å². The minimum absolute atomic E-state index is 0.135. The maximum Gasteiger partial charge on any atom is 0.222 e. The molecule has 1 heterocycles. The third kappa shape index (κ3) is 6.07. The van der Waals surface area contributed by atoms with E-state index in [4.69, 9.17) is 9.47 Å². The molecule has 0 aromatic carbocycles. The van der Waals surface area contributed by atoms with Crippen molar-refractivity contribution in [2.45, 2.75) is 84.3 Å². The van der Waals surface area contributed by atoms with Crippen LogP contribution in [0, 0.1) is 11.3 Å². The Morgan fingerprint density at radius 1 is 1.22 bits per heavy atom. The van der Waals surface area contributed by atoms with E-state index in [2.05, 4.69) is 26.1 Å². The van der Waals surface area contributed by atoms with Crippen LogP contribution < -0.4 is 5.32 Å². The summed E-state index contributed by atoms with van der Waals surface area (Å²) >= 11 is 0. The zero-order valence-corrected chi connectivity index (χ0v) is 15.2. The predicted octanol–water partition coefficient (Wildman–Crippen LogP) is 3.68. The van der Waals surface area contributed by atoms with E-state index in [0.29, 0.717) is 31.1 Å². The molecule has 1 aliphatic heterocycles. The van der Waals surface area contributed by atoms with Crippen LogP contribution >= 0.6 is 0 Å². The van der Waals surface area contributed by atoms with Crippen molar-refractivity contribution < 1.29 is 14.3 Å². The van der Waals surface area contributed by atoms with E-state index >= 15 is 0 Å². The van der Waals surface area contributed by atoms with Crippen LogP contribution in [0.1, 0.15) is 72.1 Å². The lowest BCUT2D eigenvalue weighted by Gasteiger charge is -2.39. The van der Waals surface area contributed by atoms with Gasteiger partial charge in [-0.15, -0.1) is 0 Å². The van der Waals surface area contributed by atoms with Gasteiger partial charge in [0, 0.05) is 19.1 Å². The number of carbonyl (C=O) groups excluding carboxylic acids is 1. The van der Waals surface area contributed by atoms with Crippen LogP contribution in [0.5, 0.6) is 0 Å². The Morgan fingerprint density at radius 3 is 2.57 bits per heavy atom. The summed E-state index contributed by atoms with van der Waals surface area (Å²) in [6.45, 7) is 9.02. The first-order chi connectivity index (χ1) is 11.0. The Labute approximate surface area is 141 Å². The average molecular weight is 325 g/mol. The molecule has 1 amide bonds. The Bertz CT molecular complexity index is 356. The maximum absolute atomic E-state index is 12.0. The van der Waals surface area contributed by atoms with E-state index in [1.807, 2.05) is 0 Å². The molecule has 1 aliphatic carbocycles. The van der Waals surface area contributed by atoms with Crippen molar-refractivity contribution in [2.24, 2.45) is 11.3 Å². The molecule has 134 valence electrons. The molecular formula is C19H35NO3. The minimum Gasteiger partial charge on any atom is -0.378 e. The Kier molecular flexibility index (Phi) is 7.35. The van der Waals surface area contributed by atoms with E-state index in [1.54, 1.807) is 0 Å². The molecule has 23 heavy (non-hydrogen) atoms. The summed E-state index contributed by atoms with van der Waals surface area (Å²) in [7, 11) is 0. The van der Waals surface area contributed by atoms with Gasteiger partial charge in [-0.05, 0) is 49.9 Å². The molecule has 0 aromatic rings. The molecule has 1 saturated heterocycles. The van der Waals surface area contributed by atoms with E-state index in [0.717, 1.165) is 38.2 Å². The van der Waals surface area contributed by atoms with Gasteiger partial charge in [0.05, 0.1) is 19.3 Å². The molecule has 0 bridgehead atoms. The molecule has 1 N–H and O–H groups in total. The van der Waals surface area contributed by atoms with E-state index in [9.17, 15) is 4.79 Å². The fourth-order valence-electron chi connectivity index (χ4n) is 3.76. The molecule has 1 saturated carbocycles. The number of nitrogens with one attached hydrogen (secondary N) is 1.